The van der Waals surface area contributed by atoms with Crippen molar-refractivity contribution in [2.24, 2.45) is 0 Å². The van der Waals surface area contributed by atoms with Crippen LogP contribution in [-0.2, 0) is 15.0 Å². The van der Waals surface area contributed by atoms with Crippen LogP contribution in [0.5, 0.6) is 0 Å². The van der Waals surface area contributed by atoms with E-state index in [4.69, 9.17) is 4.98 Å². The number of benzene rings is 2. The highest BCUT2D eigenvalue weighted by molar-refractivity contribution is 5.89. The molecule has 3 heterocycles. The number of hydrogen-bond donors (Lipinski definition) is 1. The molecule has 1 N–H and O–H groups in total. The van der Waals surface area contributed by atoms with Gasteiger partial charge in [-0.1, -0.05) is 42.5 Å². The van der Waals surface area contributed by atoms with E-state index in [-0.39, 0.29) is 17.7 Å². The maximum Gasteiger partial charge on any atom is 0.233 e. The summed E-state index contributed by atoms with van der Waals surface area (Å²) in [6.45, 7) is 4.32. The van der Waals surface area contributed by atoms with Crippen LogP contribution in [0.15, 0.2) is 54.6 Å². The highest BCUT2D eigenvalue weighted by Crippen LogP contribution is 2.39. The van der Waals surface area contributed by atoms with Gasteiger partial charge in [0.05, 0.1) is 16.4 Å². The van der Waals surface area contributed by atoms with E-state index in [1.54, 1.807) is 6.92 Å². The summed E-state index contributed by atoms with van der Waals surface area (Å²) < 4.78 is 0. The number of fused-ring (bicyclic) bond motifs is 1. The summed E-state index contributed by atoms with van der Waals surface area (Å²) in [6, 6.07) is 18.2. The third-order valence-corrected chi connectivity index (χ3v) is 7.30. The van der Waals surface area contributed by atoms with E-state index in [1.807, 2.05) is 47.4 Å². The van der Waals surface area contributed by atoms with Crippen molar-refractivity contribution in [1.82, 2.24) is 19.8 Å². The van der Waals surface area contributed by atoms with Crippen LogP contribution in [0.2, 0.25) is 0 Å². The first-order chi connectivity index (χ1) is 15.6. The lowest BCUT2D eigenvalue weighted by Crippen LogP contribution is -2.55. The third kappa shape index (κ3) is 3.68. The Balaban J connectivity index is 1.41. The van der Waals surface area contributed by atoms with Gasteiger partial charge in [0.1, 0.15) is 5.82 Å². The molecule has 3 aromatic rings. The molecule has 2 saturated heterocycles. The van der Waals surface area contributed by atoms with E-state index in [1.165, 1.54) is 0 Å². The van der Waals surface area contributed by atoms with Gasteiger partial charge in [0.2, 0.25) is 11.8 Å². The average molecular weight is 431 g/mol. The molecule has 6 nitrogen and oxygen atoms in total. The van der Waals surface area contributed by atoms with E-state index in [9.17, 15) is 9.59 Å². The molecule has 2 aliphatic heterocycles. The van der Waals surface area contributed by atoms with Crippen LogP contribution in [0.3, 0.4) is 0 Å². The molecule has 2 aliphatic rings. The molecule has 1 atom stereocenters. The van der Waals surface area contributed by atoms with E-state index < -0.39 is 5.41 Å². The predicted octanol–water partition coefficient (Wildman–Crippen LogP) is 3.85. The van der Waals surface area contributed by atoms with Crippen molar-refractivity contribution in [2.45, 2.75) is 43.9 Å². The quantitative estimate of drug-likeness (QED) is 0.686. The average Bonchev–Trinajstić information content (AvgIpc) is 3.29. The lowest BCUT2D eigenvalue weighted by molar-refractivity contribution is -0.143. The molecular formula is C26H30N4O2. The number of aromatic nitrogens is 2. The van der Waals surface area contributed by atoms with Gasteiger partial charge in [0, 0.05) is 39.0 Å². The zero-order chi connectivity index (χ0) is 22.1. The molecule has 1 aromatic heterocycles. The Kier molecular flexibility index (Phi) is 5.45. The fraction of sp³-hybridized carbons (Fsp3) is 0.423. The van der Waals surface area contributed by atoms with Crippen molar-refractivity contribution >= 4 is 22.8 Å². The van der Waals surface area contributed by atoms with Gasteiger partial charge in [-0.25, -0.2) is 4.98 Å². The van der Waals surface area contributed by atoms with Crippen molar-refractivity contribution < 1.29 is 9.59 Å². The standard InChI is InChI=1S/C26H30N4O2/c1-19(31)29-16-13-26(14-17-29,21-9-3-2-4-10-21)25(32)30-15-7-8-20(18-30)24-27-22-11-5-6-12-23(22)28-24/h2-6,9-12,20H,7-8,13-18H2,1H3,(H,27,28). The number of nitrogens with one attached hydrogen (secondary N) is 1. The predicted molar refractivity (Wildman–Crippen MR) is 124 cm³/mol. The minimum Gasteiger partial charge on any atom is -0.343 e. The fourth-order valence-electron chi connectivity index (χ4n) is 5.44. The summed E-state index contributed by atoms with van der Waals surface area (Å²) >= 11 is 0. The van der Waals surface area contributed by atoms with E-state index in [0.717, 1.165) is 41.8 Å². The minimum atomic E-state index is -0.566. The third-order valence-electron chi connectivity index (χ3n) is 7.30. The summed E-state index contributed by atoms with van der Waals surface area (Å²) in [7, 11) is 0. The number of imidazole rings is 1. The largest absolute Gasteiger partial charge is 0.343 e. The maximum absolute atomic E-state index is 14.1. The second-order valence-corrected chi connectivity index (χ2v) is 9.18. The number of piperidine rings is 2. The molecule has 166 valence electrons. The summed E-state index contributed by atoms with van der Waals surface area (Å²) in [5.41, 5.74) is 2.52. The number of amides is 2. The number of hydrogen-bond acceptors (Lipinski definition) is 3. The van der Waals surface area contributed by atoms with Crippen molar-refractivity contribution in [3.8, 4) is 0 Å². The normalized spacial score (nSPS) is 21.0. The zero-order valence-electron chi connectivity index (χ0n) is 18.6. The van der Waals surface area contributed by atoms with E-state index in [0.29, 0.717) is 32.5 Å². The van der Waals surface area contributed by atoms with Gasteiger partial charge in [-0.2, -0.15) is 0 Å². The Morgan fingerprint density at radius 1 is 0.969 bits per heavy atom. The number of rotatable bonds is 3. The van der Waals surface area contributed by atoms with Gasteiger partial charge in [0.25, 0.3) is 0 Å². The lowest BCUT2D eigenvalue weighted by Gasteiger charge is -2.45. The van der Waals surface area contributed by atoms with Crippen molar-refractivity contribution in [1.29, 1.82) is 0 Å². The Labute approximate surface area is 188 Å². The van der Waals surface area contributed by atoms with Crippen molar-refractivity contribution in [2.75, 3.05) is 26.2 Å². The van der Waals surface area contributed by atoms with Gasteiger partial charge in [-0.05, 0) is 43.4 Å². The van der Waals surface area contributed by atoms with Crippen LogP contribution < -0.4 is 0 Å². The molecule has 0 bridgehead atoms. The lowest BCUT2D eigenvalue weighted by atomic mass is 9.71. The molecule has 2 amide bonds. The molecule has 2 aromatic carbocycles. The Bertz CT molecular complexity index is 1080. The fourth-order valence-corrected chi connectivity index (χ4v) is 5.44. The summed E-state index contributed by atoms with van der Waals surface area (Å²) in [5, 5.41) is 0. The molecule has 0 radical (unpaired) electrons. The summed E-state index contributed by atoms with van der Waals surface area (Å²) in [4.78, 5) is 38.2. The second-order valence-electron chi connectivity index (χ2n) is 9.18. The number of aromatic amines is 1. The van der Waals surface area contributed by atoms with Crippen LogP contribution >= 0.6 is 0 Å². The second kappa shape index (κ2) is 8.41. The SMILES string of the molecule is CC(=O)N1CCC(C(=O)N2CCCC(c3nc4ccccc4[nH]3)C2)(c2ccccc2)CC1. The number of nitrogens with zero attached hydrogens (tertiary/aromatic N) is 3. The van der Waals surface area contributed by atoms with Gasteiger partial charge in [0.15, 0.2) is 0 Å². The van der Waals surface area contributed by atoms with Gasteiger partial charge >= 0.3 is 0 Å². The molecule has 5 rings (SSSR count). The smallest absolute Gasteiger partial charge is 0.233 e. The van der Waals surface area contributed by atoms with E-state index >= 15 is 0 Å². The first-order valence-corrected chi connectivity index (χ1v) is 11.6. The summed E-state index contributed by atoms with van der Waals surface area (Å²) in [5.74, 6) is 1.48. The topological polar surface area (TPSA) is 69.3 Å². The first-order valence-electron chi connectivity index (χ1n) is 11.6. The summed E-state index contributed by atoms with van der Waals surface area (Å²) in [6.07, 6.45) is 3.33. The highest BCUT2D eigenvalue weighted by Gasteiger charge is 2.46. The van der Waals surface area contributed by atoms with Gasteiger partial charge < -0.3 is 14.8 Å². The number of H-pyrrole nitrogens is 1. The van der Waals surface area contributed by atoms with Crippen LogP contribution in [0.4, 0.5) is 0 Å². The van der Waals surface area contributed by atoms with Gasteiger partial charge in [-0.15, -0.1) is 0 Å². The molecule has 0 spiro atoms. The Morgan fingerprint density at radius 3 is 2.41 bits per heavy atom. The number of para-hydroxylation sites is 2. The molecule has 6 heteroatoms. The molecule has 2 fully saturated rings. The number of carbonyl (C=O) groups excluding carboxylic acids is 2. The molecule has 0 saturated carbocycles. The Hall–Kier alpha value is -3.15. The monoisotopic (exact) mass is 430 g/mol. The number of carbonyl (C=O) groups is 2. The minimum absolute atomic E-state index is 0.0852. The van der Waals surface area contributed by atoms with Crippen LogP contribution in [-0.4, -0.2) is 57.8 Å². The molecule has 32 heavy (non-hydrogen) atoms. The molecule has 0 aliphatic carbocycles. The van der Waals surface area contributed by atoms with E-state index in [2.05, 4.69) is 22.0 Å². The Morgan fingerprint density at radius 2 is 1.69 bits per heavy atom. The molecule has 1 unspecified atom stereocenters. The van der Waals surface area contributed by atoms with Crippen LogP contribution in [0, 0.1) is 0 Å². The van der Waals surface area contributed by atoms with Crippen molar-refractivity contribution in [3.63, 3.8) is 0 Å². The van der Waals surface area contributed by atoms with Gasteiger partial charge in [-0.3, -0.25) is 9.59 Å². The van der Waals surface area contributed by atoms with Crippen LogP contribution in [0.1, 0.15) is 49.9 Å². The highest BCUT2D eigenvalue weighted by atomic mass is 16.2. The maximum atomic E-state index is 14.1. The van der Waals surface area contributed by atoms with Crippen molar-refractivity contribution in [3.05, 3.63) is 66.0 Å². The first kappa shape index (κ1) is 20.7. The number of likely N-dealkylation sites (tertiary alicyclic amines) is 2. The molecular weight excluding hydrogens is 400 g/mol. The zero-order valence-corrected chi connectivity index (χ0v) is 18.6. The van der Waals surface area contributed by atoms with Crippen LogP contribution in [0.25, 0.3) is 11.0 Å².